The molecule has 4 atom stereocenters. The van der Waals surface area contributed by atoms with Gasteiger partial charge in [-0.2, -0.15) is 0 Å². The summed E-state index contributed by atoms with van der Waals surface area (Å²) in [7, 11) is 0. The van der Waals surface area contributed by atoms with Crippen molar-refractivity contribution >= 4 is 34.8 Å². The smallest absolute Gasteiger partial charge is 0.197 e. The molecule has 1 aliphatic rings. The Morgan fingerprint density at radius 2 is 1.79 bits per heavy atom. The first-order valence-electron chi connectivity index (χ1n) is 8.76. The number of ketones is 2. The summed E-state index contributed by atoms with van der Waals surface area (Å²) in [4.78, 5) is 25.8. The number of aliphatic hydroxyl groups is 2. The monoisotopic (exact) mass is 422 g/mol. The second-order valence-electron chi connectivity index (χ2n) is 6.93. The van der Waals surface area contributed by atoms with E-state index in [0.717, 1.165) is 11.1 Å². The fourth-order valence-electron chi connectivity index (χ4n) is 3.23. The van der Waals surface area contributed by atoms with Crippen LogP contribution in [-0.2, 0) is 15.4 Å². The summed E-state index contributed by atoms with van der Waals surface area (Å²) in [5.41, 5.74) is -0.861. The van der Waals surface area contributed by atoms with Gasteiger partial charge in [-0.3, -0.25) is 9.59 Å². The molecule has 2 N–H and O–H groups in total. The Morgan fingerprint density at radius 1 is 1.18 bits per heavy atom. The highest BCUT2D eigenvalue weighted by molar-refractivity contribution is 6.21. The fraction of sp³-hybridized carbons (Fsp3) is 0.333. The van der Waals surface area contributed by atoms with Crippen LogP contribution in [0.25, 0.3) is 0 Å². The van der Waals surface area contributed by atoms with Crippen LogP contribution in [0.4, 0.5) is 0 Å². The van der Waals surface area contributed by atoms with Crippen LogP contribution in [0.1, 0.15) is 39.6 Å². The lowest BCUT2D eigenvalue weighted by Crippen LogP contribution is -2.51. The van der Waals surface area contributed by atoms with Crippen molar-refractivity contribution in [2.24, 2.45) is 0 Å². The standard InChI is InChI=1S/C21H20Cl2O5/c1-12-2-6-15(7-3-12)19(26)21(27)10-16(23)28-20(21)18(25)17(24)14-8-4-13(11-22)5-9-14/h2-9,16-17,20,24,27H,10-11H2,1H3/t16-,17?,20+,21+/m0/s1. The molecule has 1 heterocycles. The van der Waals surface area contributed by atoms with Gasteiger partial charge in [-0.25, -0.2) is 0 Å². The van der Waals surface area contributed by atoms with E-state index in [4.69, 9.17) is 27.9 Å². The van der Waals surface area contributed by atoms with Crippen molar-refractivity contribution in [3.05, 3.63) is 70.8 Å². The van der Waals surface area contributed by atoms with Gasteiger partial charge in [0.05, 0.1) is 0 Å². The first-order valence-corrected chi connectivity index (χ1v) is 9.73. The molecule has 0 aliphatic carbocycles. The van der Waals surface area contributed by atoms with E-state index in [2.05, 4.69) is 0 Å². The van der Waals surface area contributed by atoms with Crippen LogP contribution in [0.3, 0.4) is 0 Å². The predicted molar refractivity (Wildman–Crippen MR) is 106 cm³/mol. The first-order chi connectivity index (χ1) is 13.3. The van der Waals surface area contributed by atoms with E-state index in [1.807, 2.05) is 6.92 Å². The topological polar surface area (TPSA) is 83.8 Å². The van der Waals surface area contributed by atoms with Crippen molar-refractivity contribution in [1.82, 2.24) is 0 Å². The lowest BCUT2D eigenvalue weighted by molar-refractivity contribution is -0.144. The predicted octanol–water partition coefficient (Wildman–Crippen LogP) is 3.30. The molecule has 0 radical (unpaired) electrons. The van der Waals surface area contributed by atoms with Gasteiger partial charge in [-0.05, 0) is 18.1 Å². The van der Waals surface area contributed by atoms with Gasteiger partial charge in [0.2, 0.25) is 0 Å². The van der Waals surface area contributed by atoms with Gasteiger partial charge in [0, 0.05) is 17.9 Å². The zero-order chi connectivity index (χ0) is 20.5. The zero-order valence-corrected chi connectivity index (χ0v) is 16.7. The molecule has 2 aromatic rings. The summed E-state index contributed by atoms with van der Waals surface area (Å²) >= 11 is 11.7. The van der Waals surface area contributed by atoms with E-state index in [-0.39, 0.29) is 12.0 Å². The average molecular weight is 423 g/mol. The van der Waals surface area contributed by atoms with Crippen LogP contribution < -0.4 is 0 Å². The number of carbonyl (C=O) groups is 2. The number of rotatable bonds is 6. The largest absolute Gasteiger partial charge is 0.380 e. The molecule has 148 valence electrons. The van der Waals surface area contributed by atoms with Gasteiger partial charge in [-0.15, -0.1) is 11.6 Å². The molecular weight excluding hydrogens is 403 g/mol. The number of hydrogen-bond acceptors (Lipinski definition) is 5. The minimum absolute atomic E-state index is 0.237. The molecule has 3 rings (SSSR count). The Kier molecular flexibility index (Phi) is 6.22. The van der Waals surface area contributed by atoms with E-state index < -0.39 is 34.9 Å². The lowest BCUT2D eigenvalue weighted by atomic mass is 9.83. The fourth-order valence-corrected chi connectivity index (χ4v) is 3.74. The van der Waals surface area contributed by atoms with Crippen LogP contribution in [0, 0.1) is 6.92 Å². The number of benzene rings is 2. The van der Waals surface area contributed by atoms with E-state index in [9.17, 15) is 19.8 Å². The molecular formula is C21H20Cl2O5. The van der Waals surface area contributed by atoms with E-state index in [0.29, 0.717) is 11.4 Å². The van der Waals surface area contributed by atoms with Gasteiger partial charge >= 0.3 is 0 Å². The Labute approximate surface area is 172 Å². The minimum atomic E-state index is -2.16. The molecule has 5 nitrogen and oxygen atoms in total. The summed E-state index contributed by atoms with van der Waals surface area (Å²) in [6.45, 7) is 1.87. The molecule has 1 aliphatic heterocycles. The normalized spacial score (nSPS) is 25.5. The Morgan fingerprint density at radius 3 is 2.36 bits per heavy atom. The van der Waals surface area contributed by atoms with Gasteiger partial charge < -0.3 is 14.9 Å². The second kappa shape index (κ2) is 8.31. The number of ether oxygens (including phenoxy) is 1. The number of aryl methyl sites for hydroxylation is 1. The molecule has 1 unspecified atom stereocenters. The molecule has 1 fully saturated rings. The van der Waals surface area contributed by atoms with Crippen molar-refractivity contribution < 1.29 is 24.5 Å². The molecule has 0 bridgehead atoms. The van der Waals surface area contributed by atoms with Gasteiger partial charge in [-0.1, -0.05) is 65.7 Å². The summed E-state index contributed by atoms with van der Waals surface area (Å²) < 4.78 is 5.36. The molecule has 0 amide bonds. The number of aliphatic hydroxyl groups excluding tert-OH is 1. The minimum Gasteiger partial charge on any atom is -0.380 e. The van der Waals surface area contributed by atoms with Gasteiger partial charge in [0.15, 0.2) is 23.3 Å². The summed E-state index contributed by atoms with van der Waals surface area (Å²) in [5, 5.41) is 21.5. The summed E-state index contributed by atoms with van der Waals surface area (Å²) in [6.07, 6.45) is -3.41. The zero-order valence-electron chi connectivity index (χ0n) is 15.1. The van der Waals surface area contributed by atoms with Crippen molar-refractivity contribution in [3.8, 4) is 0 Å². The van der Waals surface area contributed by atoms with Crippen molar-refractivity contribution in [2.75, 3.05) is 0 Å². The lowest BCUT2D eigenvalue weighted by Gasteiger charge is -2.27. The third kappa shape index (κ3) is 4.00. The highest BCUT2D eigenvalue weighted by atomic mass is 35.5. The molecule has 28 heavy (non-hydrogen) atoms. The van der Waals surface area contributed by atoms with Crippen molar-refractivity contribution in [2.45, 2.75) is 42.6 Å². The number of carbonyl (C=O) groups excluding carboxylic acids is 2. The van der Waals surface area contributed by atoms with Crippen LogP contribution in [-0.4, -0.2) is 39.0 Å². The van der Waals surface area contributed by atoms with E-state index in [1.165, 1.54) is 0 Å². The molecule has 0 aromatic heterocycles. The molecule has 1 saturated heterocycles. The highest BCUT2D eigenvalue weighted by Gasteiger charge is 2.56. The summed E-state index contributed by atoms with van der Waals surface area (Å²) in [5.74, 6) is -1.20. The van der Waals surface area contributed by atoms with Crippen molar-refractivity contribution in [1.29, 1.82) is 0 Å². The molecule has 2 aromatic carbocycles. The third-order valence-corrected chi connectivity index (χ3v) is 5.44. The number of alkyl halides is 2. The summed E-state index contributed by atoms with van der Waals surface area (Å²) in [6, 6.07) is 13.1. The SMILES string of the molecule is Cc1ccc(C(=O)[C@]2(O)C[C@@H](Cl)O[C@@H]2C(=O)C(O)c2ccc(CCl)cc2)cc1. The van der Waals surface area contributed by atoms with Crippen molar-refractivity contribution in [3.63, 3.8) is 0 Å². The average Bonchev–Trinajstić information content (AvgIpc) is 3.02. The van der Waals surface area contributed by atoms with Gasteiger partial charge in [0.25, 0.3) is 0 Å². The number of halogens is 2. The number of Topliss-reactive ketones (excluding diaryl/α,β-unsaturated/α-hetero) is 2. The van der Waals surface area contributed by atoms with Crippen LogP contribution in [0.5, 0.6) is 0 Å². The maximum absolute atomic E-state index is 12.9. The Balaban J connectivity index is 1.88. The Hall–Kier alpha value is -1.76. The molecule has 7 heteroatoms. The van der Waals surface area contributed by atoms with Crippen LogP contribution >= 0.6 is 23.2 Å². The van der Waals surface area contributed by atoms with Crippen LogP contribution in [0.15, 0.2) is 48.5 Å². The maximum atomic E-state index is 12.9. The van der Waals surface area contributed by atoms with Crippen LogP contribution in [0.2, 0.25) is 0 Å². The molecule has 0 spiro atoms. The van der Waals surface area contributed by atoms with E-state index >= 15 is 0 Å². The number of hydrogen-bond donors (Lipinski definition) is 2. The second-order valence-corrected chi connectivity index (χ2v) is 7.68. The third-order valence-electron chi connectivity index (χ3n) is 4.87. The highest BCUT2D eigenvalue weighted by Crippen LogP contribution is 2.38. The first kappa shape index (κ1) is 21.0. The Bertz CT molecular complexity index is 865. The van der Waals surface area contributed by atoms with E-state index in [1.54, 1.807) is 48.5 Å². The quantitative estimate of drug-likeness (QED) is 0.550. The maximum Gasteiger partial charge on any atom is 0.197 e. The molecule has 0 saturated carbocycles. The van der Waals surface area contributed by atoms with Gasteiger partial charge in [0.1, 0.15) is 11.7 Å².